The van der Waals surface area contributed by atoms with Gasteiger partial charge in [-0.25, -0.2) is 4.99 Å². The molecule has 0 aliphatic heterocycles. The second kappa shape index (κ2) is 12.2. The lowest BCUT2D eigenvalue weighted by molar-refractivity contribution is 0.0919. The van der Waals surface area contributed by atoms with Crippen molar-refractivity contribution in [3.8, 4) is 0 Å². The third-order valence-corrected chi connectivity index (χ3v) is 4.99. The van der Waals surface area contributed by atoms with Gasteiger partial charge in [0.25, 0.3) is 5.91 Å². The van der Waals surface area contributed by atoms with Gasteiger partial charge in [-0.2, -0.15) is 5.10 Å². The highest BCUT2D eigenvalue weighted by atomic mass is 127. The number of amides is 1. The van der Waals surface area contributed by atoms with Crippen molar-refractivity contribution in [1.82, 2.24) is 25.7 Å². The molecule has 3 N–H and O–H groups in total. The van der Waals surface area contributed by atoms with Crippen molar-refractivity contribution in [2.24, 2.45) is 12.0 Å². The van der Waals surface area contributed by atoms with Crippen molar-refractivity contribution >= 4 is 35.8 Å². The summed E-state index contributed by atoms with van der Waals surface area (Å²) in [6.45, 7) is 15.5. The zero-order chi connectivity index (χ0) is 23.2. The Morgan fingerprint density at radius 2 is 1.94 bits per heavy atom. The van der Waals surface area contributed by atoms with E-state index in [-0.39, 0.29) is 41.5 Å². The number of aryl methyl sites for hydroxylation is 2. The van der Waals surface area contributed by atoms with Gasteiger partial charge in [-0.1, -0.05) is 12.1 Å². The van der Waals surface area contributed by atoms with Gasteiger partial charge in [0, 0.05) is 36.4 Å². The smallest absolute Gasteiger partial charge is 0.251 e. The molecule has 2 rings (SSSR count). The van der Waals surface area contributed by atoms with Gasteiger partial charge in [0.15, 0.2) is 5.96 Å². The van der Waals surface area contributed by atoms with E-state index < -0.39 is 0 Å². The molecule has 178 valence electrons. The summed E-state index contributed by atoms with van der Waals surface area (Å²) >= 11 is 0. The van der Waals surface area contributed by atoms with Crippen LogP contribution in [0.3, 0.4) is 0 Å². The number of halogens is 1. The lowest BCUT2D eigenvalue weighted by Gasteiger charge is -2.20. The number of guanidine groups is 1. The van der Waals surface area contributed by atoms with Crippen molar-refractivity contribution in [2.75, 3.05) is 6.54 Å². The summed E-state index contributed by atoms with van der Waals surface area (Å²) < 4.78 is 1.93. The number of hydrogen-bond donors (Lipinski definition) is 3. The van der Waals surface area contributed by atoms with E-state index in [1.54, 1.807) is 0 Å². The van der Waals surface area contributed by atoms with Crippen molar-refractivity contribution in [2.45, 2.75) is 73.0 Å². The molecule has 8 heteroatoms. The van der Waals surface area contributed by atoms with Crippen LogP contribution in [0.2, 0.25) is 0 Å². The number of benzene rings is 1. The van der Waals surface area contributed by atoms with Gasteiger partial charge < -0.3 is 16.0 Å². The maximum atomic E-state index is 12.5. The summed E-state index contributed by atoms with van der Waals surface area (Å²) in [5.74, 6) is 0.693. The summed E-state index contributed by atoms with van der Waals surface area (Å²) in [6.07, 6.45) is 0.873. The highest BCUT2D eigenvalue weighted by Crippen LogP contribution is 2.14. The van der Waals surface area contributed by atoms with Crippen molar-refractivity contribution in [1.29, 1.82) is 0 Å². The van der Waals surface area contributed by atoms with Crippen molar-refractivity contribution in [3.63, 3.8) is 0 Å². The van der Waals surface area contributed by atoms with Gasteiger partial charge in [-0.3, -0.25) is 9.48 Å². The van der Waals surface area contributed by atoms with Crippen LogP contribution in [0, 0.1) is 13.8 Å². The maximum absolute atomic E-state index is 12.5. The summed E-state index contributed by atoms with van der Waals surface area (Å²) in [5.41, 5.74) is 4.91. The number of aliphatic imine (C=N–C) groups is 1. The number of aromatic nitrogens is 2. The molecule has 0 spiro atoms. The molecule has 1 heterocycles. The Labute approximate surface area is 209 Å². The predicted octanol–water partition coefficient (Wildman–Crippen LogP) is 3.87. The van der Waals surface area contributed by atoms with Gasteiger partial charge >= 0.3 is 0 Å². The van der Waals surface area contributed by atoms with Crippen LogP contribution in [0.4, 0.5) is 0 Å². The first-order valence-electron chi connectivity index (χ1n) is 11.0. The van der Waals surface area contributed by atoms with Gasteiger partial charge in [-0.05, 0) is 78.1 Å². The normalized spacial score (nSPS) is 12.7. The molecule has 1 aromatic heterocycles. The molecule has 0 aliphatic rings. The van der Waals surface area contributed by atoms with E-state index in [9.17, 15) is 4.79 Å². The molecule has 0 radical (unpaired) electrons. The van der Waals surface area contributed by atoms with E-state index >= 15 is 0 Å². The number of nitrogens with zero attached hydrogens (tertiary/aromatic N) is 3. The second-order valence-electron chi connectivity index (χ2n) is 9.12. The average molecular weight is 555 g/mol. The Hall–Kier alpha value is -2.10. The Bertz CT molecular complexity index is 929. The van der Waals surface area contributed by atoms with Gasteiger partial charge in [0.2, 0.25) is 0 Å². The molecule has 0 saturated carbocycles. The third kappa shape index (κ3) is 8.44. The predicted molar refractivity (Wildman–Crippen MR) is 143 cm³/mol. The first kappa shape index (κ1) is 27.9. The summed E-state index contributed by atoms with van der Waals surface area (Å²) in [6, 6.07) is 7.83. The topological polar surface area (TPSA) is 83.3 Å². The summed E-state index contributed by atoms with van der Waals surface area (Å²) in [5, 5.41) is 14.3. The van der Waals surface area contributed by atoms with Crippen LogP contribution in [0.5, 0.6) is 0 Å². The van der Waals surface area contributed by atoms with Crippen molar-refractivity contribution < 1.29 is 4.79 Å². The minimum absolute atomic E-state index is 0. The zero-order valence-corrected chi connectivity index (χ0v) is 23.0. The fraction of sp³-hybridized carbons (Fsp3) is 0.542. The summed E-state index contributed by atoms with van der Waals surface area (Å²) in [7, 11) is 1.98. The number of rotatable bonds is 7. The molecule has 1 atom stereocenters. The largest absolute Gasteiger partial charge is 0.357 e. The maximum Gasteiger partial charge on any atom is 0.251 e. The Balaban J connectivity index is 0.00000512. The lowest BCUT2D eigenvalue weighted by atomic mass is 10.1. The van der Waals surface area contributed by atoms with Crippen LogP contribution in [-0.2, 0) is 20.0 Å². The molecular formula is C24H39IN6O. The first-order valence-corrected chi connectivity index (χ1v) is 11.0. The molecule has 0 fully saturated rings. The van der Waals surface area contributed by atoms with E-state index in [0.29, 0.717) is 12.1 Å². The SMILES string of the molecule is CCNC(=NCc1cccc(C(=O)NC(C)(C)C)c1)NC(C)Cc1c(C)nn(C)c1C.I. The Morgan fingerprint density at radius 3 is 2.50 bits per heavy atom. The van der Waals surface area contributed by atoms with E-state index in [2.05, 4.69) is 48.7 Å². The third-order valence-electron chi connectivity index (χ3n) is 4.99. The van der Waals surface area contributed by atoms with E-state index in [4.69, 9.17) is 4.99 Å². The van der Waals surface area contributed by atoms with Crippen LogP contribution in [0.15, 0.2) is 29.3 Å². The van der Waals surface area contributed by atoms with E-state index in [1.807, 2.05) is 56.8 Å². The van der Waals surface area contributed by atoms with Crippen LogP contribution < -0.4 is 16.0 Å². The second-order valence-corrected chi connectivity index (χ2v) is 9.12. The molecule has 2 aromatic rings. The number of nitrogens with one attached hydrogen (secondary N) is 3. The molecule has 1 unspecified atom stereocenters. The van der Waals surface area contributed by atoms with Gasteiger partial charge in [0.05, 0.1) is 12.2 Å². The Kier molecular flexibility index (Phi) is 10.7. The fourth-order valence-electron chi connectivity index (χ4n) is 3.42. The Morgan fingerprint density at radius 1 is 1.25 bits per heavy atom. The monoisotopic (exact) mass is 554 g/mol. The zero-order valence-electron chi connectivity index (χ0n) is 20.7. The number of carbonyl (C=O) groups excluding carboxylic acids is 1. The van der Waals surface area contributed by atoms with E-state index in [0.717, 1.165) is 30.2 Å². The minimum Gasteiger partial charge on any atom is -0.357 e. The standard InChI is InChI=1S/C24H38N6O.HI/c1-9-25-23(27-16(2)13-21-17(3)29-30(8)18(21)4)26-15-19-11-10-12-20(14-19)22(31)28-24(5,6)7;/h10-12,14,16H,9,13,15H2,1-8H3,(H,28,31)(H2,25,26,27);1H. The molecular weight excluding hydrogens is 515 g/mol. The lowest BCUT2D eigenvalue weighted by Crippen LogP contribution is -2.43. The molecule has 0 bridgehead atoms. The molecule has 32 heavy (non-hydrogen) atoms. The van der Waals surface area contributed by atoms with Crippen LogP contribution >= 0.6 is 24.0 Å². The molecule has 1 aromatic carbocycles. The molecule has 0 aliphatic carbocycles. The van der Waals surface area contributed by atoms with Crippen LogP contribution in [-0.4, -0.2) is 39.8 Å². The van der Waals surface area contributed by atoms with Gasteiger partial charge in [0.1, 0.15) is 0 Å². The number of hydrogen-bond acceptors (Lipinski definition) is 3. The fourth-order valence-corrected chi connectivity index (χ4v) is 3.42. The highest BCUT2D eigenvalue weighted by molar-refractivity contribution is 14.0. The molecule has 0 saturated heterocycles. The minimum atomic E-state index is -0.269. The van der Waals surface area contributed by atoms with E-state index in [1.165, 1.54) is 11.3 Å². The highest BCUT2D eigenvalue weighted by Gasteiger charge is 2.16. The number of carbonyl (C=O) groups is 1. The molecule has 1 amide bonds. The van der Waals surface area contributed by atoms with Crippen LogP contribution in [0.25, 0.3) is 0 Å². The van der Waals surface area contributed by atoms with Gasteiger partial charge in [-0.15, -0.1) is 24.0 Å². The quantitative estimate of drug-likeness (QED) is 0.276. The average Bonchev–Trinajstić information content (AvgIpc) is 2.91. The molecule has 7 nitrogen and oxygen atoms in total. The van der Waals surface area contributed by atoms with Crippen LogP contribution in [0.1, 0.15) is 67.5 Å². The first-order chi connectivity index (χ1) is 14.5. The summed E-state index contributed by atoms with van der Waals surface area (Å²) in [4.78, 5) is 17.2. The van der Waals surface area contributed by atoms with Crippen molar-refractivity contribution in [3.05, 3.63) is 52.3 Å².